The molecule has 0 spiro atoms. The zero-order chi connectivity index (χ0) is 17.1. The number of aliphatic hydroxyl groups is 1. The quantitative estimate of drug-likeness (QED) is 0.741. The Morgan fingerprint density at radius 3 is 2.44 bits per heavy atom. The number of aromatic nitrogens is 1. The van der Waals surface area contributed by atoms with Gasteiger partial charge in [0.05, 0.1) is 6.10 Å². The largest absolute Gasteiger partial charge is 0.393 e. The Labute approximate surface area is 146 Å². The molecule has 25 heavy (non-hydrogen) atoms. The Kier molecular flexibility index (Phi) is 3.19. The molecular formula is C21H22N2O2. The molecule has 2 fully saturated rings. The fourth-order valence-electron chi connectivity index (χ4n) is 4.93. The van der Waals surface area contributed by atoms with E-state index in [1.807, 2.05) is 29.2 Å². The first-order valence-electron chi connectivity index (χ1n) is 9.11. The summed E-state index contributed by atoms with van der Waals surface area (Å²) < 4.78 is 2.18. The van der Waals surface area contributed by atoms with Gasteiger partial charge in [-0.05, 0) is 49.9 Å². The smallest absolute Gasteiger partial charge is 0.254 e. The number of aryl methyl sites for hydroxylation is 1. The first-order chi connectivity index (χ1) is 12.1. The summed E-state index contributed by atoms with van der Waals surface area (Å²) in [5.74, 6) is 0.120. The van der Waals surface area contributed by atoms with E-state index in [1.54, 1.807) is 0 Å². The second kappa shape index (κ2) is 5.33. The Morgan fingerprint density at radius 2 is 1.68 bits per heavy atom. The first-order valence-corrected chi connectivity index (χ1v) is 9.11. The molecule has 4 heteroatoms. The van der Waals surface area contributed by atoms with E-state index in [9.17, 15) is 9.90 Å². The van der Waals surface area contributed by atoms with E-state index in [4.69, 9.17) is 0 Å². The number of aliphatic hydroxyl groups excluding tert-OH is 1. The SMILES string of the molecule is Cn1c2ccccc2c2cc(C(=O)N3C4CCC3CC(O)C4)ccc21. The van der Waals surface area contributed by atoms with Crippen molar-refractivity contribution >= 4 is 27.7 Å². The fourth-order valence-corrected chi connectivity index (χ4v) is 4.93. The van der Waals surface area contributed by atoms with Gasteiger partial charge in [0.1, 0.15) is 0 Å². The number of nitrogens with zero attached hydrogens (tertiary/aromatic N) is 2. The predicted molar refractivity (Wildman–Crippen MR) is 98.6 cm³/mol. The molecule has 2 bridgehead atoms. The molecule has 2 saturated heterocycles. The summed E-state index contributed by atoms with van der Waals surface area (Å²) in [6, 6.07) is 14.8. The molecule has 1 aromatic heterocycles. The molecule has 0 aliphatic carbocycles. The monoisotopic (exact) mass is 334 g/mol. The molecule has 3 aromatic rings. The fraction of sp³-hybridized carbons (Fsp3) is 0.381. The molecule has 1 N–H and O–H groups in total. The zero-order valence-electron chi connectivity index (χ0n) is 14.4. The van der Waals surface area contributed by atoms with Gasteiger partial charge in [-0.25, -0.2) is 0 Å². The third kappa shape index (κ3) is 2.13. The van der Waals surface area contributed by atoms with E-state index in [-0.39, 0.29) is 24.1 Å². The molecule has 5 rings (SSSR count). The van der Waals surface area contributed by atoms with Gasteiger partial charge in [0.15, 0.2) is 0 Å². The van der Waals surface area contributed by atoms with Gasteiger partial charge in [-0.15, -0.1) is 0 Å². The summed E-state index contributed by atoms with van der Waals surface area (Å²) in [5.41, 5.74) is 3.09. The van der Waals surface area contributed by atoms with Crippen LogP contribution in [0, 0.1) is 0 Å². The van der Waals surface area contributed by atoms with Gasteiger partial charge in [-0.2, -0.15) is 0 Å². The lowest BCUT2D eigenvalue weighted by atomic mass is 9.98. The number of rotatable bonds is 1. The number of amides is 1. The Morgan fingerprint density at radius 1 is 1.00 bits per heavy atom. The van der Waals surface area contributed by atoms with Gasteiger partial charge in [0.2, 0.25) is 0 Å². The molecule has 2 aliphatic rings. The Balaban J connectivity index is 1.59. The van der Waals surface area contributed by atoms with Crippen LogP contribution in [0.15, 0.2) is 42.5 Å². The maximum atomic E-state index is 13.2. The number of para-hydroxylation sites is 1. The van der Waals surface area contributed by atoms with Gasteiger partial charge in [-0.3, -0.25) is 4.79 Å². The number of hydrogen-bond acceptors (Lipinski definition) is 2. The maximum absolute atomic E-state index is 13.2. The number of hydrogen-bond donors (Lipinski definition) is 1. The minimum absolute atomic E-state index is 0.120. The first kappa shape index (κ1) is 15.0. The molecule has 1 amide bonds. The predicted octanol–water partition coefficient (Wildman–Crippen LogP) is 3.46. The van der Waals surface area contributed by atoms with Gasteiger partial charge < -0.3 is 14.6 Å². The van der Waals surface area contributed by atoms with E-state index < -0.39 is 0 Å². The summed E-state index contributed by atoms with van der Waals surface area (Å²) >= 11 is 0. The van der Waals surface area contributed by atoms with Crippen molar-refractivity contribution in [2.24, 2.45) is 7.05 Å². The number of benzene rings is 2. The van der Waals surface area contributed by atoms with Crippen LogP contribution in [0.2, 0.25) is 0 Å². The molecule has 0 radical (unpaired) electrons. The van der Waals surface area contributed by atoms with Crippen LogP contribution >= 0.6 is 0 Å². The average Bonchev–Trinajstić information content (AvgIpc) is 3.07. The van der Waals surface area contributed by atoms with E-state index in [0.717, 1.165) is 42.1 Å². The normalized spacial score (nSPS) is 25.8. The number of carbonyl (C=O) groups is 1. The highest BCUT2D eigenvalue weighted by Gasteiger charge is 2.42. The van der Waals surface area contributed by atoms with E-state index in [1.165, 1.54) is 10.9 Å². The highest BCUT2D eigenvalue weighted by atomic mass is 16.3. The Hall–Kier alpha value is -2.33. The Bertz CT molecular complexity index is 976. The molecule has 2 aromatic carbocycles. The summed E-state index contributed by atoms with van der Waals surface area (Å²) in [5, 5.41) is 12.3. The van der Waals surface area contributed by atoms with Crippen molar-refractivity contribution in [3.8, 4) is 0 Å². The summed E-state index contributed by atoms with van der Waals surface area (Å²) in [6.45, 7) is 0. The lowest BCUT2D eigenvalue weighted by Gasteiger charge is -2.37. The highest BCUT2D eigenvalue weighted by molar-refractivity contribution is 6.10. The van der Waals surface area contributed by atoms with E-state index >= 15 is 0 Å². The van der Waals surface area contributed by atoms with Crippen LogP contribution in [0.3, 0.4) is 0 Å². The standard InChI is InChI=1S/C21H22N2O2/c1-22-19-5-3-2-4-17(19)18-10-13(6-9-20(18)22)21(25)23-14-7-8-15(23)12-16(24)11-14/h2-6,9-10,14-16,24H,7-8,11-12H2,1H3. The average molecular weight is 334 g/mol. The molecule has 2 aliphatic heterocycles. The van der Waals surface area contributed by atoms with Crippen molar-refractivity contribution in [2.45, 2.75) is 43.9 Å². The summed E-state index contributed by atoms with van der Waals surface area (Å²) in [4.78, 5) is 15.2. The third-order valence-corrected chi connectivity index (χ3v) is 6.10. The maximum Gasteiger partial charge on any atom is 0.254 e. The molecule has 0 saturated carbocycles. The van der Waals surface area contributed by atoms with Crippen molar-refractivity contribution in [1.82, 2.24) is 9.47 Å². The van der Waals surface area contributed by atoms with E-state index in [0.29, 0.717) is 0 Å². The molecule has 128 valence electrons. The number of carbonyl (C=O) groups excluding carboxylic acids is 1. The van der Waals surface area contributed by atoms with Gasteiger partial charge in [0.25, 0.3) is 5.91 Å². The third-order valence-electron chi connectivity index (χ3n) is 6.10. The van der Waals surface area contributed by atoms with Gasteiger partial charge in [0, 0.05) is 46.5 Å². The minimum atomic E-state index is -0.248. The van der Waals surface area contributed by atoms with E-state index in [2.05, 4.69) is 29.8 Å². The topological polar surface area (TPSA) is 45.5 Å². The van der Waals surface area contributed by atoms with Crippen molar-refractivity contribution in [3.05, 3.63) is 48.0 Å². The highest BCUT2D eigenvalue weighted by Crippen LogP contribution is 2.37. The van der Waals surface area contributed by atoms with Gasteiger partial charge >= 0.3 is 0 Å². The molecule has 2 atom stereocenters. The van der Waals surface area contributed by atoms with Gasteiger partial charge in [-0.1, -0.05) is 18.2 Å². The molecular weight excluding hydrogens is 312 g/mol. The van der Waals surface area contributed by atoms with Crippen LogP contribution in [0.1, 0.15) is 36.0 Å². The van der Waals surface area contributed by atoms with Crippen molar-refractivity contribution in [1.29, 1.82) is 0 Å². The van der Waals surface area contributed by atoms with Crippen LogP contribution in [0.5, 0.6) is 0 Å². The minimum Gasteiger partial charge on any atom is -0.393 e. The van der Waals surface area contributed by atoms with Crippen LogP contribution in [-0.4, -0.2) is 38.7 Å². The lowest BCUT2D eigenvalue weighted by molar-refractivity contribution is 0.0287. The lowest BCUT2D eigenvalue weighted by Crippen LogP contribution is -2.47. The van der Waals surface area contributed by atoms with Crippen molar-refractivity contribution < 1.29 is 9.90 Å². The van der Waals surface area contributed by atoms with Crippen LogP contribution < -0.4 is 0 Å². The van der Waals surface area contributed by atoms with Crippen molar-refractivity contribution in [3.63, 3.8) is 0 Å². The van der Waals surface area contributed by atoms with Crippen molar-refractivity contribution in [2.75, 3.05) is 0 Å². The number of piperidine rings is 1. The number of fused-ring (bicyclic) bond motifs is 5. The summed E-state index contributed by atoms with van der Waals surface area (Å²) in [6.07, 6.45) is 3.23. The zero-order valence-corrected chi connectivity index (χ0v) is 14.4. The molecule has 3 heterocycles. The second-order valence-electron chi connectivity index (χ2n) is 7.53. The second-order valence-corrected chi connectivity index (χ2v) is 7.53. The van der Waals surface area contributed by atoms with Crippen LogP contribution in [-0.2, 0) is 7.05 Å². The van der Waals surface area contributed by atoms with Crippen LogP contribution in [0.4, 0.5) is 0 Å². The van der Waals surface area contributed by atoms with Crippen LogP contribution in [0.25, 0.3) is 21.8 Å². The molecule has 2 unspecified atom stereocenters. The molecule has 4 nitrogen and oxygen atoms in total. The summed E-state index contributed by atoms with van der Waals surface area (Å²) in [7, 11) is 2.07.